The van der Waals surface area contributed by atoms with Gasteiger partial charge in [-0.3, -0.25) is 4.79 Å². The smallest absolute Gasteiger partial charge is 0.225 e. The number of anilines is 1. The molecule has 0 aliphatic rings. The monoisotopic (exact) mass is 244 g/mol. The van der Waals surface area contributed by atoms with Crippen molar-refractivity contribution in [3.8, 4) is 5.75 Å². The Bertz CT molecular complexity index is 567. The van der Waals surface area contributed by atoms with Crippen LogP contribution in [0.4, 0.5) is 5.69 Å². The minimum absolute atomic E-state index is 0.0881. The van der Waals surface area contributed by atoms with Gasteiger partial charge in [0.2, 0.25) is 5.91 Å². The van der Waals surface area contributed by atoms with Gasteiger partial charge in [-0.1, -0.05) is 24.3 Å². The number of carbonyl (C=O) groups excluding carboxylic acids is 1. The van der Waals surface area contributed by atoms with Gasteiger partial charge in [0.25, 0.3) is 0 Å². The zero-order valence-corrected chi connectivity index (χ0v) is 10.3. The highest BCUT2D eigenvalue weighted by Gasteiger charge is 2.06. The zero-order valence-electron chi connectivity index (χ0n) is 10.3. The van der Waals surface area contributed by atoms with Crippen LogP contribution >= 0.6 is 0 Å². The van der Waals surface area contributed by atoms with Gasteiger partial charge >= 0.3 is 0 Å². The molecule has 0 aliphatic carbocycles. The van der Waals surface area contributed by atoms with Crippen molar-refractivity contribution in [2.45, 2.75) is 6.42 Å². The van der Waals surface area contributed by atoms with Gasteiger partial charge in [0.1, 0.15) is 5.75 Å². The lowest BCUT2D eigenvalue weighted by Gasteiger charge is -2.10. The molecule has 4 nitrogen and oxygen atoms in total. The number of rotatable bonds is 4. The quantitative estimate of drug-likeness (QED) is 0.866. The average molecular weight is 244 g/mol. The van der Waals surface area contributed by atoms with E-state index in [1.165, 1.54) is 0 Å². The van der Waals surface area contributed by atoms with Crippen LogP contribution in [0.1, 0.15) is 6.42 Å². The first-order valence-electron chi connectivity index (χ1n) is 5.81. The molecule has 0 fully saturated rings. The molecule has 0 atom stereocenters. The topological polar surface area (TPSA) is 64.3 Å². The van der Waals surface area contributed by atoms with E-state index in [9.17, 15) is 4.79 Å². The first-order chi connectivity index (χ1) is 8.74. The molecule has 2 rings (SSSR count). The second-order valence-electron chi connectivity index (χ2n) is 3.99. The Morgan fingerprint density at radius 1 is 1.33 bits per heavy atom. The summed E-state index contributed by atoms with van der Waals surface area (Å²) in [6, 6.07) is 11.6. The molecule has 2 aromatic carbocycles. The van der Waals surface area contributed by atoms with Gasteiger partial charge in [-0.2, -0.15) is 0 Å². The first-order valence-corrected chi connectivity index (χ1v) is 5.81. The normalized spacial score (nSPS) is 10.3. The first kappa shape index (κ1) is 12.4. The summed E-state index contributed by atoms with van der Waals surface area (Å²) in [6.07, 6.45) is 0.315. The van der Waals surface area contributed by atoms with Crippen LogP contribution in [0, 0.1) is 0 Å². The van der Waals surface area contributed by atoms with Crippen LogP contribution in [0.25, 0.3) is 10.8 Å². The molecule has 2 aromatic rings. The molecular weight excluding hydrogens is 228 g/mol. The lowest BCUT2D eigenvalue weighted by atomic mass is 10.1. The minimum atomic E-state index is -0.0881. The Morgan fingerprint density at radius 2 is 2.11 bits per heavy atom. The Hall–Kier alpha value is -2.07. The zero-order chi connectivity index (χ0) is 13.0. The molecule has 0 aromatic heterocycles. The summed E-state index contributed by atoms with van der Waals surface area (Å²) in [4.78, 5) is 11.5. The van der Waals surface area contributed by atoms with E-state index in [1.54, 1.807) is 7.11 Å². The van der Waals surface area contributed by atoms with Crippen LogP contribution < -0.4 is 15.8 Å². The molecule has 4 heteroatoms. The molecule has 18 heavy (non-hydrogen) atoms. The fourth-order valence-corrected chi connectivity index (χ4v) is 1.87. The number of methoxy groups -OCH3 is 1. The van der Waals surface area contributed by atoms with Crippen molar-refractivity contribution in [2.24, 2.45) is 5.73 Å². The maximum absolute atomic E-state index is 11.5. The summed E-state index contributed by atoms with van der Waals surface area (Å²) >= 11 is 0. The second-order valence-corrected chi connectivity index (χ2v) is 3.99. The number of amides is 1. The lowest BCUT2D eigenvalue weighted by Crippen LogP contribution is -2.16. The lowest BCUT2D eigenvalue weighted by molar-refractivity contribution is -0.116. The van der Waals surface area contributed by atoms with Gasteiger partial charge in [0.15, 0.2) is 0 Å². The highest BCUT2D eigenvalue weighted by molar-refractivity contribution is 5.97. The van der Waals surface area contributed by atoms with E-state index in [1.807, 2.05) is 36.4 Å². The molecule has 0 spiro atoms. The van der Waals surface area contributed by atoms with Crippen LogP contribution in [0.2, 0.25) is 0 Å². The third-order valence-electron chi connectivity index (χ3n) is 2.70. The predicted molar refractivity (Wildman–Crippen MR) is 72.8 cm³/mol. The highest BCUT2D eigenvalue weighted by Crippen LogP contribution is 2.29. The van der Waals surface area contributed by atoms with E-state index in [4.69, 9.17) is 10.5 Å². The fourth-order valence-electron chi connectivity index (χ4n) is 1.87. The summed E-state index contributed by atoms with van der Waals surface area (Å²) in [5, 5.41) is 4.86. The van der Waals surface area contributed by atoms with Gasteiger partial charge in [0.05, 0.1) is 7.11 Å². The summed E-state index contributed by atoms with van der Waals surface area (Å²) in [6.45, 7) is 0.344. The standard InChI is InChI=1S/C14H16N2O2/c1-18-13-9-11(16-14(17)6-7-15)8-10-4-2-3-5-12(10)13/h2-5,8-9H,6-7,15H2,1H3,(H,16,17). The van der Waals surface area contributed by atoms with Crippen LogP contribution in [0.3, 0.4) is 0 Å². The van der Waals surface area contributed by atoms with Gasteiger partial charge < -0.3 is 15.8 Å². The van der Waals surface area contributed by atoms with Crippen LogP contribution in [-0.4, -0.2) is 19.6 Å². The molecule has 0 bridgehead atoms. The summed E-state index contributed by atoms with van der Waals surface area (Å²) in [7, 11) is 1.62. The molecule has 0 saturated carbocycles. The van der Waals surface area contributed by atoms with Gasteiger partial charge in [-0.25, -0.2) is 0 Å². The maximum Gasteiger partial charge on any atom is 0.225 e. The molecular formula is C14H16N2O2. The number of carbonyl (C=O) groups is 1. The number of nitrogens with two attached hydrogens (primary N) is 1. The van der Waals surface area contributed by atoms with Crippen molar-refractivity contribution < 1.29 is 9.53 Å². The van der Waals surface area contributed by atoms with Crippen LogP contribution in [-0.2, 0) is 4.79 Å². The van der Waals surface area contributed by atoms with Crippen molar-refractivity contribution in [3.63, 3.8) is 0 Å². The Labute approximate surface area is 106 Å². The minimum Gasteiger partial charge on any atom is -0.496 e. The van der Waals surface area contributed by atoms with Crippen LogP contribution in [0.5, 0.6) is 5.75 Å². The molecule has 3 N–H and O–H groups in total. The molecule has 0 radical (unpaired) electrons. The van der Waals surface area contributed by atoms with Crippen LogP contribution in [0.15, 0.2) is 36.4 Å². The van der Waals surface area contributed by atoms with E-state index >= 15 is 0 Å². The molecule has 0 saturated heterocycles. The predicted octanol–water partition coefficient (Wildman–Crippen LogP) is 2.14. The largest absolute Gasteiger partial charge is 0.496 e. The number of hydrogen-bond acceptors (Lipinski definition) is 3. The Morgan fingerprint density at radius 3 is 2.83 bits per heavy atom. The fraction of sp³-hybridized carbons (Fsp3) is 0.214. The Kier molecular flexibility index (Phi) is 3.79. The average Bonchev–Trinajstić information content (AvgIpc) is 2.38. The molecule has 0 aliphatic heterocycles. The number of fused-ring (bicyclic) bond motifs is 1. The third-order valence-corrected chi connectivity index (χ3v) is 2.70. The van der Waals surface area contributed by atoms with E-state index in [0.29, 0.717) is 13.0 Å². The van der Waals surface area contributed by atoms with Crippen molar-refractivity contribution >= 4 is 22.4 Å². The van der Waals surface area contributed by atoms with E-state index in [2.05, 4.69) is 5.32 Å². The summed E-state index contributed by atoms with van der Waals surface area (Å²) < 4.78 is 5.33. The van der Waals surface area contributed by atoms with E-state index in [-0.39, 0.29) is 5.91 Å². The Balaban J connectivity index is 2.37. The second kappa shape index (κ2) is 5.51. The number of hydrogen-bond donors (Lipinski definition) is 2. The van der Waals surface area contributed by atoms with Gasteiger partial charge in [0, 0.05) is 30.1 Å². The third kappa shape index (κ3) is 2.60. The molecule has 0 unspecified atom stereocenters. The number of nitrogens with one attached hydrogen (secondary N) is 1. The molecule has 0 heterocycles. The maximum atomic E-state index is 11.5. The van der Waals surface area contributed by atoms with Gasteiger partial charge in [-0.05, 0) is 11.5 Å². The molecule has 94 valence electrons. The SMILES string of the molecule is COc1cc(NC(=O)CCN)cc2ccccc12. The summed E-state index contributed by atoms with van der Waals surface area (Å²) in [5.41, 5.74) is 6.07. The van der Waals surface area contributed by atoms with Crippen molar-refractivity contribution in [1.29, 1.82) is 0 Å². The molecule has 1 amide bonds. The van der Waals surface area contributed by atoms with Gasteiger partial charge in [-0.15, -0.1) is 0 Å². The number of benzene rings is 2. The highest BCUT2D eigenvalue weighted by atomic mass is 16.5. The number of ether oxygens (including phenoxy) is 1. The van der Waals surface area contributed by atoms with E-state index in [0.717, 1.165) is 22.2 Å². The summed E-state index contributed by atoms with van der Waals surface area (Å²) in [5.74, 6) is 0.658. The van der Waals surface area contributed by atoms with Crippen molar-refractivity contribution in [2.75, 3.05) is 19.0 Å². The van der Waals surface area contributed by atoms with Crippen molar-refractivity contribution in [3.05, 3.63) is 36.4 Å². The van der Waals surface area contributed by atoms with E-state index < -0.39 is 0 Å². The van der Waals surface area contributed by atoms with Crippen molar-refractivity contribution in [1.82, 2.24) is 0 Å².